The van der Waals surface area contributed by atoms with Gasteiger partial charge in [0.05, 0.1) is 19.0 Å². The largest absolute Gasteiger partial charge is 0.573 e. The van der Waals surface area contributed by atoms with E-state index in [4.69, 9.17) is 0 Å². The number of hydrogen-bond acceptors (Lipinski definition) is 9. The molecule has 11 nitrogen and oxygen atoms in total. The number of amides is 2. The molecule has 2 amide bonds. The van der Waals surface area contributed by atoms with Gasteiger partial charge in [-0.15, -0.1) is 13.2 Å². The number of aromatic nitrogens is 1. The Labute approximate surface area is 234 Å². The van der Waals surface area contributed by atoms with Gasteiger partial charge in [0, 0.05) is 19.2 Å². The summed E-state index contributed by atoms with van der Waals surface area (Å²) in [6.07, 6.45) is -8.51. The summed E-state index contributed by atoms with van der Waals surface area (Å²) in [5.74, 6) is -5.59. The van der Waals surface area contributed by atoms with E-state index in [2.05, 4.69) is 35.4 Å². The maximum Gasteiger partial charge on any atom is 0.573 e. The third-order valence-electron chi connectivity index (χ3n) is 5.16. The molecular weight excluding hydrogens is 582 g/mol. The summed E-state index contributed by atoms with van der Waals surface area (Å²) >= 11 is 0. The summed E-state index contributed by atoms with van der Waals surface area (Å²) in [5, 5.41) is 7.78. The summed E-state index contributed by atoms with van der Waals surface area (Å²) < 4.78 is 77.8. The maximum absolute atomic E-state index is 12.4. The standard InChI is InChI=1S/C25H26F6N4O7/c1-15-9-11-33-19(12-15)32-10-3-2-4-20(36)34-14-21(37)35-18(13-22(38)41-42-23(39)24(26,27)28)16-5-7-17(8-6-16)40-25(29,30)31/h5-9,11-12,18H,2-4,10,13-14H2,1H3,(H,32,33)(H,34,36)(H,35,37). The van der Waals surface area contributed by atoms with Crippen LogP contribution in [-0.4, -0.2) is 54.4 Å². The zero-order valence-corrected chi connectivity index (χ0v) is 21.9. The van der Waals surface area contributed by atoms with Crippen LogP contribution >= 0.6 is 0 Å². The van der Waals surface area contributed by atoms with Crippen molar-refractivity contribution in [2.24, 2.45) is 0 Å². The number of alkyl halides is 6. The van der Waals surface area contributed by atoms with E-state index in [1.807, 2.05) is 19.1 Å². The second-order valence-corrected chi connectivity index (χ2v) is 8.64. The molecule has 1 atom stereocenters. The van der Waals surface area contributed by atoms with Gasteiger partial charge in [0.1, 0.15) is 11.6 Å². The van der Waals surface area contributed by atoms with E-state index in [-0.39, 0.29) is 12.0 Å². The SMILES string of the molecule is Cc1ccnc(NCCCCC(=O)NCC(=O)NC(CC(=O)OOC(=O)C(F)(F)F)c2ccc(OC(F)(F)F)cc2)c1. The molecular formula is C25H26F6N4O7. The van der Waals surface area contributed by atoms with Crippen molar-refractivity contribution in [2.45, 2.75) is 51.2 Å². The molecule has 0 aliphatic heterocycles. The quantitative estimate of drug-likeness (QED) is 0.134. The highest BCUT2D eigenvalue weighted by Crippen LogP contribution is 2.26. The number of anilines is 1. The fraction of sp³-hybridized carbons (Fsp3) is 0.400. The van der Waals surface area contributed by atoms with Gasteiger partial charge in [0.25, 0.3) is 0 Å². The van der Waals surface area contributed by atoms with E-state index in [0.717, 1.165) is 29.8 Å². The fourth-order valence-corrected chi connectivity index (χ4v) is 3.26. The first-order valence-electron chi connectivity index (χ1n) is 12.2. The monoisotopic (exact) mass is 608 g/mol. The number of aryl methyl sites for hydroxylation is 1. The molecule has 42 heavy (non-hydrogen) atoms. The van der Waals surface area contributed by atoms with Gasteiger partial charge in [0.15, 0.2) is 0 Å². The minimum Gasteiger partial charge on any atom is -0.406 e. The first-order valence-corrected chi connectivity index (χ1v) is 12.2. The summed E-state index contributed by atoms with van der Waals surface area (Å²) in [4.78, 5) is 58.6. The number of halogens is 6. The molecule has 1 aromatic heterocycles. The summed E-state index contributed by atoms with van der Waals surface area (Å²) in [6, 6.07) is 6.15. The molecule has 0 fully saturated rings. The average molecular weight is 608 g/mol. The van der Waals surface area contributed by atoms with Gasteiger partial charge in [-0.2, -0.15) is 13.2 Å². The topological polar surface area (TPSA) is 145 Å². The van der Waals surface area contributed by atoms with Crippen LogP contribution < -0.4 is 20.7 Å². The van der Waals surface area contributed by atoms with Crippen LogP contribution in [0, 0.1) is 6.92 Å². The Bertz CT molecular complexity index is 1220. The molecule has 0 saturated carbocycles. The van der Waals surface area contributed by atoms with Gasteiger partial charge in [0.2, 0.25) is 11.8 Å². The van der Waals surface area contributed by atoms with E-state index < -0.39 is 61.0 Å². The molecule has 2 aromatic rings. The molecule has 0 aliphatic rings. The molecule has 0 bridgehead atoms. The summed E-state index contributed by atoms with van der Waals surface area (Å²) in [7, 11) is 0. The van der Waals surface area contributed by atoms with Gasteiger partial charge in [-0.25, -0.2) is 24.3 Å². The normalized spacial score (nSPS) is 12.1. The number of rotatable bonds is 13. The Hall–Kier alpha value is -4.57. The van der Waals surface area contributed by atoms with Crippen LogP contribution in [0.1, 0.15) is 42.9 Å². The number of pyridine rings is 1. The second kappa shape index (κ2) is 15.4. The zero-order chi connectivity index (χ0) is 31.3. The lowest BCUT2D eigenvalue weighted by atomic mass is 10.0. The molecule has 1 heterocycles. The van der Waals surface area contributed by atoms with Crippen LogP contribution in [-0.2, 0) is 29.0 Å². The van der Waals surface area contributed by atoms with Crippen LogP contribution in [0.15, 0.2) is 42.6 Å². The van der Waals surface area contributed by atoms with Crippen molar-refractivity contribution >= 4 is 29.6 Å². The van der Waals surface area contributed by atoms with Crippen LogP contribution in [0.5, 0.6) is 5.75 Å². The van der Waals surface area contributed by atoms with Crippen molar-refractivity contribution in [1.29, 1.82) is 0 Å². The van der Waals surface area contributed by atoms with Crippen LogP contribution in [0.4, 0.5) is 32.2 Å². The second-order valence-electron chi connectivity index (χ2n) is 8.64. The summed E-state index contributed by atoms with van der Waals surface area (Å²) in [5.41, 5.74) is 1.04. The van der Waals surface area contributed by atoms with E-state index in [9.17, 15) is 45.5 Å². The van der Waals surface area contributed by atoms with Crippen molar-refractivity contribution in [3.63, 3.8) is 0 Å². The lowest BCUT2D eigenvalue weighted by Gasteiger charge is -2.19. The molecule has 0 radical (unpaired) electrons. The number of hydrogen-bond donors (Lipinski definition) is 3. The molecule has 1 unspecified atom stereocenters. The number of nitrogens with one attached hydrogen (secondary N) is 3. The number of ether oxygens (including phenoxy) is 1. The zero-order valence-electron chi connectivity index (χ0n) is 21.9. The van der Waals surface area contributed by atoms with E-state index in [1.165, 1.54) is 0 Å². The van der Waals surface area contributed by atoms with Crippen molar-refractivity contribution in [1.82, 2.24) is 15.6 Å². The van der Waals surface area contributed by atoms with Crippen molar-refractivity contribution in [2.75, 3.05) is 18.4 Å². The Morgan fingerprint density at radius 3 is 2.24 bits per heavy atom. The van der Waals surface area contributed by atoms with Crippen molar-refractivity contribution in [3.8, 4) is 5.75 Å². The Morgan fingerprint density at radius 1 is 0.929 bits per heavy atom. The van der Waals surface area contributed by atoms with Crippen molar-refractivity contribution in [3.05, 3.63) is 53.7 Å². The minimum absolute atomic E-state index is 0.0129. The van der Waals surface area contributed by atoms with Gasteiger partial charge in [-0.05, 0) is 55.2 Å². The van der Waals surface area contributed by atoms with E-state index in [0.29, 0.717) is 25.2 Å². The van der Waals surface area contributed by atoms with Crippen LogP contribution in [0.3, 0.4) is 0 Å². The summed E-state index contributed by atoms with van der Waals surface area (Å²) in [6.45, 7) is 1.90. The smallest absolute Gasteiger partial charge is 0.406 e. The first-order chi connectivity index (χ1) is 19.6. The Kier molecular flexibility index (Phi) is 12.4. The number of unbranched alkanes of at least 4 members (excludes halogenated alkanes) is 1. The lowest BCUT2D eigenvalue weighted by Crippen LogP contribution is -2.39. The predicted octanol–water partition coefficient (Wildman–Crippen LogP) is 3.80. The minimum atomic E-state index is -5.45. The lowest BCUT2D eigenvalue weighted by molar-refractivity contribution is -0.286. The average Bonchev–Trinajstić information content (AvgIpc) is 2.89. The Morgan fingerprint density at radius 2 is 1.62 bits per heavy atom. The predicted molar refractivity (Wildman–Crippen MR) is 131 cm³/mol. The first kappa shape index (κ1) is 33.6. The van der Waals surface area contributed by atoms with Crippen LogP contribution in [0.2, 0.25) is 0 Å². The highest BCUT2D eigenvalue weighted by atomic mass is 19.4. The van der Waals surface area contributed by atoms with E-state index in [1.54, 1.807) is 6.20 Å². The molecule has 1 aromatic carbocycles. The molecule has 230 valence electrons. The third-order valence-corrected chi connectivity index (χ3v) is 5.16. The van der Waals surface area contributed by atoms with Gasteiger partial charge in [-0.1, -0.05) is 12.1 Å². The molecule has 2 rings (SSSR count). The number of benzene rings is 1. The molecule has 0 spiro atoms. The number of carbonyl (C=O) groups is 4. The highest BCUT2D eigenvalue weighted by Gasteiger charge is 2.43. The third kappa shape index (κ3) is 13.2. The molecule has 0 aliphatic carbocycles. The number of nitrogens with zero attached hydrogens (tertiary/aromatic N) is 1. The number of carbonyl (C=O) groups excluding carboxylic acids is 4. The molecule has 17 heteroatoms. The molecule has 0 saturated heterocycles. The molecule has 3 N–H and O–H groups in total. The van der Waals surface area contributed by atoms with E-state index >= 15 is 0 Å². The van der Waals surface area contributed by atoms with Gasteiger partial charge < -0.3 is 20.7 Å². The maximum atomic E-state index is 12.4. The Balaban J connectivity index is 1.89. The van der Waals surface area contributed by atoms with Crippen LogP contribution in [0.25, 0.3) is 0 Å². The van der Waals surface area contributed by atoms with Crippen molar-refractivity contribution < 1.29 is 60.0 Å². The van der Waals surface area contributed by atoms with Gasteiger partial charge >= 0.3 is 24.5 Å². The fourth-order valence-electron chi connectivity index (χ4n) is 3.26. The van der Waals surface area contributed by atoms with Gasteiger partial charge in [-0.3, -0.25) is 9.59 Å². The highest BCUT2D eigenvalue weighted by molar-refractivity contribution is 5.85.